The molecule has 0 radical (unpaired) electrons. The van der Waals surface area contributed by atoms with Crippen LogP contribution >= 0.6 is 0 Å². The van der Waals surface area contributed by atoms with E-state index in [-0.39, 0.29) is 17.9 Å². The van der Waals surface area contributed by atoms with Crippen LogP contribution in [0.25, 0.3) is 0 Å². The molecule has 0 saturated heterocycles. The summed E-state index contributed by atoms with van der Waals surface area (Å²) in [6.45, 7) is 2.07. The van der Waals surface area contributed by atoms with Gasteiger partial charge in [-0.3, -0.25) is 0 Å². The molecule has 0 bridgehead atoms. The second-order valence-electron chi connectivity index (χ2n) is 8.24. The number of benzene rings is 2. The average molecular weight is 444 g/mol. The molecule has 0 aliphatic heterocycles. The lowest BCUT2D eigenvalue weighted by atomic mass is 9.81. The quantitative estimate of drug-likeness (QED) is 0.303. The highest BCUT2D eigenvalue weighted by atomic mass is 19.4. The van der Waals surface area contributed by atoms with Crippen molar-refractivity contribution in [2.75, 3.05) is 0 Å². The number of ether oxygens (including phenoxy) is 1. The first-order valence-electron chi connectivity index (χ1n) is 10.7. The molecule has 0 spiro atoms. The molecular formula is C24H26F6O. The lowest BCUT2D eigenvalue weighted by Crippen LogP contribution is -2.20. The van der Waals surface area contributed by atoms with Crippen LogP contribution in [-0.4, -0.2) is 6.36 Å². The Bertz CT molecular complexity index is 883. The highest BCUT2D eigenvalue weighted by molar-refractivity contribution is 5.39. The van der Waals surface area contributed by atoms with Crippen molar-refractivity contribution < 1.29 is 31.1 Å². The number of alkyl halides is 3. The summed E-state index contributed by atoms with van der Waals surface area (Å²) >= 11 is 0. The molecule has 3 rings (SSSR count). The Hall–Kier alpha value is -2.18. The Labute approximate surface area is 178 Å². The van der Waals surface area contributed by atoms with Gasteiger partial charge in [-0.05, 0) is 91.8 Å². The molecule has 0 heterocycles. The van der Waals surface area contributed by atoms with Gasteiger partial charge in [0.05, 0.1) is 0 Å². The molecule has 0 fully saturated rings. The maximum absolute atomic E-state index is 14.5. The largest absolute Gasteiger partial charge is 0.573 e. The fraction of sp³-hybridized carbons (Fsp3) is 0.500. The highest BCUT2D eigenvalue weighted by Gasteiger charge is 2.33. The molecule has 1 aliphatic carbocycles. The monoisotopic (exact) mass is 444 g/mol. The van der Waals surface area contributed by atoms with E-state index in [9.17, 15) is 26.3 Å². The summed E-state index contributed by atoms with van der Waals surface area (Å²) in [5, 5.41) is 0. The summed E-state index contributed by atoms with van der Waals surface area (Å²) in [6.07, 6.45) is 0.957. The fourth-order valence-electron chi connectivity index (χ4n) is 4.25. The molecule has 31 heavy (non-hydrogen) atoms. The van der Waals surface area contributed by atoms with Crippen molar-refractivity contribution in [3.05, 3.63) is 64.0 Å². The second kappa shape index (κ2) is 9.96. The molecule has 0 amide bonds. The fourth-order valence-corrected chi connectivity index (χ4v) is 4.25. The summed E-state index contributed by atoms with van der Waals surface area (Å²) in [5.41, 5.74) is 1.96. The topological polar surface area (TPSA) is 9.23 Å². The number of fused-ring (bicyclic) bond motifs is 1. The molecule has 1 atom stereocenters. The van der Waals surface area contributed by atoms with Gasteiger partial charge < -0.3 is 4.74 Å². The van der Waals surface area contributed by atoms with Crippen molar-refractivity contribution >= 4 is 0 Å². The van der Waals surface area contributed by atoms with Gasteiger partial charge in [0.2, 0.25) is 0 Å². The zero-order valence-electron chi connectivity index (χ0n) is 17.4. The maximum atomic E-state index is 14.5. The van der Waals surface area contributed by atoms with E-state index >= 15 is 0 Å². The molecule has 170 valence electrons. The lowest BCUT2D eigenvalue weighted by molar-refractivity contribution is -0.275. The number of hydrogen-bond acceptors (Lipinski definition) is 1. The normalized spacial score (nSPS) is 16.3. The van der Waals surface area contributed by atoms with E-state index in [2.05, 4.69) is 11.7 Å². The Morgan fingerprint density at radius 1 is 0.903 bits per heavy atom. The summed E-state index contributed by atoms with van der Waals surface area (Å²) in [6, 6.07) is 4.99. The molecule has 1 nitrogen and oxygen atoms in total. The van der Waals surface area contributed by atoms with Gasteiger partial charge in [0.15, 0.2) is 11.6 Å². The minimum atomic E-state index is -4.95. The van der Waals surface area contributed by atoms with Gasteiger partial charge in [0.1, 0.15) is 11.6 Å². The Balaban J connectivity index is 1.63. The van der Waals surface area contributed by atoms with Crippen LogP contribution in [0.1, 0.15) is 61.3 Å². The van der Waals surface area contributed by atoms with Gasteiger partial charge in [-0.25, -0.2) is 13.2 Å². The van der Waals surface area contributed by atoms with Crippen molar-refractivity contribution in [1.82, 2.24) is 0 Å². The SMILES string of the molecule is CCCCCc1cc(F)c(CCC2CCc3cc(OC(F)(F)F)c(F)cc3C2)c(F)c1. The third-order valence-electron chi connectivity index (χ3n) is 5.88. The number of rotatable bonds is 8. The summed E-state index contributed by atoms with van der Waals surface area (Å²) in [4.78, 5) is 0. The van der Waals surface area contributed by atoms with Gasteiger partial charge in [0, 0.05) is 5.56 Å². The Morgan fingerprint density at radius 2 is 1.61 bits per heavy atom. The zero-order chi connectivity index (χ0) is 22.6. The van der Waals surface area contributed by atoms with Crippen molar-refractivity contribution in [1.29, 1.82) is 0 Å². The van der Waals surface area contributed by atoms with E-state index in [0.29, 0.717) is 48.8 Å². The lowest BCUT2D eigenvalue weighted by Gasteiger charge is -2.25. The zero-order valence-corrected chi connectivity index (χ0v) is 17.4. The first-order chi connectivity index (χ1) is 14.7. The number of unbranched alkanes of at least 4 members (excludes halogenated alkanes) is 2. The molecule has 0 saturated carbocycles. The number of hydrogen-bond donors (Lipinski definition) is 0. The second-order valence-corrected chi connectivity index (χ2v) is 8.24. The molecule has 2 aromatic carbocycles. The van der Waals surface area contributed by atoms with Gasteiger partial charge in [0.25, 0.3) is 0 Å². The highest BCUT2D eigenvalue weighted by Crippen LogP contribution is 2.35. The van der Waals surface area contributed by atoms with E-state index in [4.69, 9.17) is 0 Å². The maximum Gasteiger partial charge on any atom is 0.573 e. The van der Waals surface area contributed by atoms with Gasteiger partial charge >= 0.3 is 6.36 Å². The van der Waals surface area contributed by atoms with Crippen molar-refractivity contribution in [3.63, 3.8) is 0 Å². The molecule has 2 aromatic rings. The van der Waals surface area contributed by atoms with Crippen molar-refractivity contribution in [2.24, 2.45) is 5.92 Å². The molecule has 0 aromatic heterocycles. The van der Waals surface area contributed by atoms with E-state index in [0.717, 1.165) is 31.4 Å². The smallest absolute Gasteiger partial charge is 0.403 e. The Morgan fingerprint density at radius 3 is 2.26 bits per heavy atom. The molecular weight excluding hydrogens is 418 g/mol. The standard InChI is InChI=1S/C24H26F6O/c1-2-3-4-5-16-11-20(25)19(21(26)12-16)9-7-15-6-8-17-14-23(31-24(28,29)30)22(27)13-18(17)10-15/h11-15H,2-10H2,1H3. The van der Waals surface area contributed by atoms with Crippen LogP contribution in [0.3, 0.4) is 0 Å². The minimum absolute atomic E-state index is 0.0603. The minimum Gasteiger partial charge on any atom is -0.403 e. The van der Waals surface area contributed by atoms with Crippen molar-refractivity contribution in [2.45, 2.75) is 71.1 Å². The average Bonchev–Trinajstić information content (AvgIpc) is 2.67. The first-order valence-corrected chi connectivity index (χ1v) is 10.7. The van der Waals surface area contributed by atoms with E-state index in [1.54, 1.807) is 0 Å². The van der Waals surface area contributed by atoms with Crippen molar-refractivity contribution in [3.8, 4) is 5.75 Å². The summed E-state index contributed by atoms with van der Waals surface area (Å²) < 4.78 is 83.8. The third-order valence-corrected chi connectivity index (χ3v) is 5.88. The Kier molecular flexibility index (Phi) is 7.55. The van der Waals surface area contributed by atoms with Crippen LogP contribution in [-0.2, 0) is 25.7 Å². The molecule has 1 aliphatic rings. The summed E-state index contributed by atoms with van der Waals surface area (Å²) in [7, 11) is 0. The van der Waals surface area contributed by atoms with Crippen LogP contribution in [0.4, 0.5) is 26.3 Å². The van der Waals surface area contributed by atoms with Crippen LogP contribution in [0.2, 0.25) is 0 Å². The van der Waals surface area contributed by atoms with Gasteiger partial charge in [-0.1, -0.05) is 19.8 Å². The molecule has 7 heteroatoms. The molecule has 1 unspecified atom stereocenters. The predicted molar refractivity (Wildman–Crippen MR) is 107 cm³/mol. The van der Waals surface area contributed by atoms with Gasteiger partial charge in [-0.2, -0.15) is 0 Å². The summed E-state index contributed by atoms with van der Waals surface area (Å²) in [5.74, 6) is -2.89. The number of halogens is 6. The predicted octanol–water partition coefficient (Wildman–Crippen LogP) is 7.47. The first kappa shape index (κ1) is 23.5. The van der Waals surface area contributed by atoms with Crippen LogP contribution < -0.4 is 4.74 Å². The van der Waals surface area contributed by atoms with Crippen LogP contribution in [0.15, 0.2) is 24.3 Å². The number of aryl methyl sites for hydroxylation is 2. The molecule has 0 N–H and O–H groups in total. The van der Waals surface area contributed by atoms with E-state index < -0.39 is 29.6 Å². The van der Waals surface area contributed by atoms with E-state index in [1.165, 1.54) is 12.1 Å². The van der Waals surface area contributed by atoms with E-state index in [1.807, 2.05) is 0 Å². The van der Waals surface area contributed by atoms with Crippen LogP contribution in [0, 0.1) is 23.4 Å². The van der Waals surface area contributed by atoms with Gasteiger partial charge in [-0.15, -0.1) is 13.2 Å². The van der Waals surface area contributed by atoms with Crippen LogP contribution in [0.5, 0.6) is 5.75 Å². The third kappa shape index (κ3) is 6.40.